The van der Waals surface area contributed by atoms with Crippen molar-refractivity contribution >= 4 is 27.5 Å². The van der Waals surface area contributed by atoms with E-state index < -0.39 is 15.6 Å². The Labute approximate surface area is 186 Å². The lowest BCUT2D eigenvalue weighted by atomic mass is 9.99. The predicted molar refractivity (Wildman–Crippen MR) is 121 cm³/mol. The molecule has 2 heterocycles. The molecule has 0 bridgehead atoms. The van der Waals surface area contributed by atoms with Gasteiger partial charge in [-0.15, -0.1) is 0 Å². The molecule has 1 N–H and O–H groups in total. The first kappa shape index (κ1) is 23.7. The summed E-state index contributed by atoms with van der Waals surface area (Å²) in [6.45, 7) is 9.91. The molecule has 2 amide bonds. The smallest absolute Gasteiger partial charge is 0.241 e. The second kappa shape index (κ2) is 9.28. The molecule has 0 spiro atoms. The Hall–Kier alpha value is -1.93. The third kappa shape index (κ3) is 5.66. The van der Waals surface area contributed by atoms with Gasteiger partial charge in [0, 0.05) is 43.7 Å². The molecule has 8 heteroatoms. The topological polar surface area (TPSA) is 86.8 Å². The Kier molecular flexibility index (Phi) is 7.11. The summed E-state index contributed by atoms with van der Waals surface area (Å²) >= 11 is 0. The molecule has 0 atom stereocenters. The lowest BCUT2D eigenvalue weighted by Crippen LogP contribution is -2.42. The van der Waals surface area contributed by atoms with E-state index in [0.717, 1.165) is 37.2 Å². The molecule has 31 heavy (non-hydrogen) atoms. The number of amides is 2. The van der Waals surface area contributed by atoms with Crippen molar-refractivity contribution in [3.8, 4) is 0 Å². The average Bonchev–Trinajstić information content (AvgIpc) is 3.15. The van der Waals surface area contributed by atoms with Crippen molar-refractivity contribution in [1.82, 2.24) is 9.62 Å². The van der Waals surface area contributed by atoms with E-state index in [-0.39, 0.29) is 29.6 Å². The highest BCUT2D eigenvalue weighted by molar-refractivity contribution is 7.89. The molecule has 0 radical (unpaired) electrons. The van der Waals surface area contributed by atoms with Crippen LogP contribution in [0.15, 0.2) is 23.1 Å². The number of fused-ring (bicyclic) bond motifs is 1. The van der Waals surface area contributed by atoms with Crippen LogP contribution in [0.5, 0.6) is 0 Å². The zero-order valence-electron chi connectivity index (χ0n) is 19.1. The van der Waals surface area contributed by atoms with Gasteiger partial charge in [-0.3, -0.25) is 9.59 Å². The largest absolute Gasteiger partial charge is 0.343 e. The van der Waals surface area contributed by atoms with Gasteiger partial charge in [-0.2, -0.15) is 0 Å². The van der Waals surface area contributed by atoms with Crippen LogP contribution in [0.1, 0.15) is 65.4 Å². The van der Waals surface area contributed by atoms with Gasteiger partial charge in [0.15, 0.2) is 0 Å². The standard InChI is InChI=1S/C23H35N3O4S/c1-5-23(3,4)24-31(29,30)19-6-7-20-18(16-19)12-15-26(20)22(28)9-8-21(27)25-13-10-17(2)11-14-25/h6-7,16-17,24H,5,8-15H2,1-4H3. The van der Waals surface area contributed by atoms with E-state index in [9.17, 15) is 18.0 Å². The number of carbonyl (C=O) groups is 2. The number of piperidine rings is 1. The highest BCUT2D eigenvalue weighted by Crippen LogP contribution is 2.31. The van der Waals surface area contributed by atoms with Crippen LogP contribution in [0, 0.1) is 5.92 Å². The molecule has 2 aliphatic heterocycles. The quantitative estimate of drug-likeness (QED) is 0.693. The van der Waals surface area contributed by atoms with Gasteiger partial charge in [-0.25, -0.2) is 13.1 Å². The highest BCUT2D eigenvalue weighted by atomic mass is 32.2. The second-order valence-corrected chi connectivity index (χ2v) is 11.2. The fourth-order valence-electron chi connectivity index (χ4n) is 4.06. The molecule has 0 aromatic heterocycles. The van der Waals surface area contributed by atoms with Crippen LogP contribution >= 0.6 is 0 Å². The van der Waals surface area contributed by atoms with Crippen molar-refractivity contribution in [3.05, 3.63) is 23.8 Å². The summed E-state index contributed by atoms with van der Waals surface area (Å²) in [5.41, 5.74) is 1.07. The zero-order valence-corrected chi connectivity index (χ0v) is 19.9. The molecule has 1 aromatic carbocycles. The van der Waals surface area contributed by atoms with Gasteiger partial charge in [-0.05, 0) is 69.2 Å². The molecular formula is C23H35N3O4S. The molecule has 7 nitrogen and oxygen atoms in total. The molecular weight excluding hydrogens is 414 g/mol. The lowest BCUT2D eigenvalue weighted by Gasteiger charge is -2.30. The number of nitrogens with zero attached hydrogens (tertiary/aromatic N) is 2. The number of benzene rings is 1. The molecule has 0 aliphatic carbocycles. The Morgan fingerprint density at radius 3 is 2.39 bits per heavy atom. The Bertz CT molecular complexity index is 934. The molecule has 3 rings (SSSR count). The molecule has 1 saturated heterocycles. The van der Waals surface area contributed by atoms with Crippen molar-refractivity contribution in [1.29, 1.82) is 0 Å². The fraction of sp³-hybridized carbons (Fsp3) is 0.652. The highest BCUT2D eigenvalue weighted by Gasteiger charge is 2.29. The van der Waals surface area contributed by atoms with Gasteiger partial charge in [0.1, 0.15) is 0 Å². The summed E-state index contributed by atoms with van der Waals surface area (Å²) in [6, 6.07) is 4.93. The Morgan fingerprint density at radius 2 is 1.74 bits per heavy atom. The van der Waals surface area contributed by atoms with E-state index in [1.807, 2.05) is 25.7 Å². The number of sulfonamides is 1. The summed E-state index contributed by atoms with van der Waals surface area (Å²) in [5.74, 6) is 0.618. The predicted octanol–water partition coefficient (Wildman–Crippen LogP) is 3.08. The number of rotatable bonds is 7. The molecule has 1 fully saturated rings. The van der Waals surface area contributed by atoms with Crippen LogP contribution < -0.4 is 9.62 Å². The molecule has 172 valence electrons. The van der Waals surface area contributed by atoms with E-state index in [1.54, 1.807) is 23.1 Å². The molecule has 2 aliphatic rings. The molecule has 0 saturated carbocycles. The van der Waals surface area contributed by atoms with Crippen molar-refractivity contribution in [2.75, 3.05) is 24.5 Å². The average molecular weight is 450 g/mol. The summed E-state index contributed by atoms with van der Waals surface area (Å²) in [6.07, 6.45) is 3.73. The number of carbonyl (C=O) groups excluding carboxylic acids is 2. The van der Waals surface area contributed by atoms with Crippen LogP contribution in [0.3, 0.4) is 0 Å². The third-order valence-corrected chi connectivity index (χ3v) is 8.24. The summed E-state index contributed by atoms with van der Waals surface area (Å²) in [5, 5.41) is 0. The number of likely N-dealkylation sites (tertiary alicyclic amines) is 1. The minimum absolute atomic E-state index is 0.0470. The summed E-state index contributed by atoms with van der Waals surface area (Å²) in [7, 11) is -3.63. The lowest BCUT2D eigenvalue weighted by molar-refractivity contribution is -0.134. The van der Waals surface area contributed by atoms with E-state index in [1.165, 1.54) is 0 Å². The summed E-state index contributed by atoms with van der Waals surface area (Å²) < 4.78 is 28.2. The van der Waals surface area contributed by atoms with Crippen molar-refractivity contribution in [2.45, 2.75) is 76.7 Å². The maximum absolute atomic E-state index is 12.8. The van der Waals surface area contributed by atoms with Gasteiger partial charge in [0.25, 0.3) is 0 Å². The van der Waals surface area contributed by atoms with E-state index >= 15 is 0 Å². The molecule has 1 aromatic rings. The minimum atomic E-state index is -3.63. The second-order valence-electron chi connectivity index (χ2n) is 9.49. The number of anilines is 1. The van der Waals surface area contributed by atoms with Crippen molar-refractivity contribution in [2.24, 2.45) is 5.92 Å². The van der Waals surface area contributed by atoms with E-state index in [2.05, 4.69) is 11.6 Å². The van der Waals surface area contributed by atoms with Gasteiger partial charge in [0.2, 0.25) is 21.8 Å². The summed E-state index contributed by atoms with van der Waals surface area (Å²) in [4.78, 5) is 29.0. The van der Waals surface area contributed by atoms with Gasteiger partial charge < -0.3 is 9.80 Å². The third-order valence-electron chi connectivity index (χ3n) is 6.54. The van der Waals surface area contributed by atoms with E-state index in [4.69, 9.17) is 0 Å². The zero-order chi connectivity index (χ0) is 22.8. The minimum Gasteiger partial charge on any atom is -0.343 e. The Morgan fingerprint density at radius 1 is 1.10 bits per heavy atom. The van der Waals surface area contributed by atoms with E-state index in [0.29, 0.717) is 25.3 Å². The van der Waals surface area contributed by atoms with Crippen LogP contribution in [-0.2, 0) is 26.0 Å². The fourth-order valence-corrected chi connectivity index (χ4v) is 5.60. The van der Waals surface area contributed by atoms with Gasteiger partial charge in [-0.1, -0.05) is 13.8 Å². The number of hydrogen-bond donors (Lipinski definition) is 1. The SMILES string of the molecule is CCC(C)(C)NS(=O)(=O)c1ccc2c(c1)CCN2C(=O)CCC(=O)N1CCC(C)CC1. The van der Waals surface area contributed by atoms with Crippen LogP contribution in [-0.4, -0.2) is 50.3 Å². The normalized spacial score (nSPS) is 17.7. The number of nitrogens with one attached hydrogen (secondary N) is 1. The number of hydrogen-bond acceptors (Lipinski definition) is 4. The van der Waals surface area contributed by atoms with Crippen LogP contribution in [0.25, 0.3) is 0 Å². The first-order valence-corrected chi connectivity index (χ1v) is 12.8. The molecule has 0 unspecified atom stereocenters. The Balaban J connectivity index is 1.63. The van der Waals surface area contributed by atoms with Crippen molar-refractivity contribution in [3.63, 3.8) is 0 Å². The van der Waals surface area contributed by atoms with Crippen LogP contribution in [0.2, 0.25) is 0 Å². The van der Waals surface area contributed by atoms with Gasteiger partial charge in [0.05, 0.1) is 4.90 Å². The van der Waals surface area contributed by atoms with Crippen molar-refractivity contribution < 1.29 is 18.0 Å². The monoisotopic (exact) mass is 449 g/mol. The van der Waals surface area contributed by atoms with Crippen LogP contribution in [0.4, 0.5) is 5.69 Å². The first-order chi connectivity index (χ1) is 14.5. The van der Waals surface area contributed by atoms with Gasteiger partial charge >= 0.3 is 0 Å². The first-order valence-electron chi connectivity index (χ1n) is 11.3. The maximum atomic E-state index is 12.8. The maximum Gasteiger partial charge on any atom is 0.241 e.